The quantitative estimate of drug-likeness (QED) is 0.591. The first-order chi connectivity index (χ1) is 8.54. The molecule has 0 amide bonds. The normalized spacial score (nSPS) is 10.4. The molecule has 0 saturated heterocycles. The molecule has 0 radical (unpaired) electrons. The van der Waals surface area contributed by atoms with Gasteiger partial charge in [0.05, 0.1) is 5.02 Å². The molecule has 0 atom stereocenters. The zero-order valence-electron chi connectivity index (χ0n) is 10.9. The zero-order valence-corrected chi connectivity index (χ0v) is 12.4. The van der Waals surface area contributed by atoms with E-state index >= 15 is 0 Å². The highest BCUT2D eigenvalue weighted by molar-refractivity contribution is 6.35. The van der Waals surface area contributed by atoms with Crippen LogP contribution in [0.4, 0.5) is 0 Å². The molecule has 4 heteroatoms. The van der Waals surface area contributed by atoms with E-state index in [-0.39, 0.29) is 0 Å². The number of ether oxygens (including phenoxy) is 1. The third kappa shape index (κ3) is 4.89. The third-order valence-corrected chi connectivity index (χ3v) is 2.79. The van der Waals surface area contributed by atoms with Crippen molar-refractivity contribution in [3.8, 4) is 5.75 Å². The Morgan fingerprint density at radius 2 is 2.11 bits per heavy atom. The van der Waals surface area contributed by atoms with Crippen molar-refractivity contribution in [3.05, 3.63) is 39.9 Å². The standard InChI is InChI=1S/C14H19Cl2NO/c1-4-5-17-8-11-6-12(15)7-13(16)14(11)18-9-10(2)3/h6-7,17H,2,4-5,8-9H2,1,3H3. The Hall–Kier alpha value is -0.700. The maximum atomic E-state index is 6.16. The van der Waals surface area contributed by atoms with Crippen molar-refractivity contribution in [3.63, 3.8) is 0 Å². The van der Waals surface area contributed by atoms with Gasteiger partial charge in [-0.1, -0.05) is 36.7 Å². The molecule has 0 aliphatic carbocycles. The molecule has 18 heavy (non-hydrogen) atoms. The maximum Gasteiger partial charge on any atom is 0.142 e. The van der Waals surface area contributed by atoms with Gasteiger partial charge in [0.15, 0.2) is 0 Å². The Morgan fingerprint density at radius 1 is 1.39 bits per heavy atom. The van der Waals surface area contributed by atoms with Gasteiger partial charge in [0.1, 0.15) is 12.4 Å². The summed E-state index contributed by atoms with van der Waals surface area (Å²) in [5.74, 6) is 0.688. The van der Waals surface area contributed by atoms with E-state index in [2.05, 4.69) is 18.8 Å². The molecule has 0 heterocycles. The Kier molecular flexibility index (Phi) is 6.55. The van der Waals surface area contributed by atoms with Crippen molar-refractivity contribution in [2.45, 2.75) is 26.8 Å². The van der Waals surface area contributed by atoms with Crippen LogP contribution in [-0.4, -0.2) is 13.2 Å². The van der Waals surface area contributed by atoms with E-state index in [1.165, 1.54) is 0 Å². The summed E-state index contributed by atoms with van der Waals surface area (Å²) < 4.78 is 5.68. The second-order valence-electron chi connectivity index (χ2n) is 4.30. The number of rotatable bonds is 7. The summed E-state index contributed by atoms with van der Waals surface area (Å²) in [4.78, 5) is 0. The molecular formula is C14H19Cl2NO. The predicted octanol–water partition coefficient (Wildman–Crippen LogP) is 4.45. The van der Waals surface area contributed by atoms with Crippen LogP contribution < -0.4 is 10.1 Å². The summed E-state index contributed by atoms with van der Waals surface area (Å²) in [6.07, 6.45) is 1.08. The highest BCUT2D eigenvalue weighted by Crippen LogP contribution is 2.32. The number of benzene rings is 1. The monoisotopic (exact) mass is 287 g/mol. The Bertz CT molecular complexity index is 419. The van der Waals surface area contributed by atoms with Crippen LogP contribution in [0.15, 0.2) is 24.3 Å². The van der Waals surface area contributed by atoms with Crippen LogP contribution in [0.1, 0.15) is 25.8 Å². The summed E-state index contributed by atoms with van der Waals surface area (Å²) in [5, 5.41) is 4.47. The summed E-state index contributed by atoms with van der Waals surface area (Å²) in [6.45, 7) is 9.95. The molecule has 1 rings (SSSR count). The molecule has 0 aliphatic heterocycles. The minimum atomic E-state index is 0.460. The Morgan fingerprint density at radius 3 is 2.72 bits per heavy atom. The van der Waals surface area contributed by atoms with Crippen molar-refractivity contribution < 1.29 is 4.74 Å². The van der Waals surface area contributed by atoms with E-state index < -0.39 is 0 Å². The molecule has 1 aromatic carbocycles. The molecule has 0 aromatic heterocycles. The molecule has 100 valence electrons. The molecule has 0 fully saturated rings. The first-order valence-electron chi connectivity index (χ1n) is 6.00. The van der Waals surface area contributed by atoms with Crippen LogP contribution in [0.25, 0.3) is 0 Å². The van der Waals surface area contributed by atoms with Gasteiger partial charge in [-0.3, -0.25) is 0 Å². The lowest BCUT2D eigenvalue weighted by Crippen LogP contribution is -2.15. The number of hydrogen-bond acceptors (Lipinski definition) is 2. The summed E-state index contributed by atoms with van der Waals surface area (Å²) in [6, 6.07) is 3.57. The van der Waals surface area contributed by atoms with E-state index in [0.29, 0.717) is 28.9 Å². The highest BCUT2D eigenvalue weighted by Gasteiger charge is 2.10. The third-order valence-electron chi connectivity index (χ3n) is 2.29. The van der Waals surface area contributed by atoms with Crippen LogP contribution in [0.2, 0.25) is 10.0 Å². The van der Waals surface area contributed by atoms with Crippen LogP contribution in [0.3, 0.4) is 0 Å². The maximum absolute atomic E-state index is 6.16. The fourth-order valence-electron chi connectivity index (χ4n) is 1.50. The topological polar surface area (TPSA) is 21.3 Å². The second kappa shape index (κ2) is 7.67. The fourth-order valence-corrected chi connectivity index (χ4v) is 2.09. The van der Waals surface area contributed by atoms with Gasteiger partial charge in [-0.05, 0) is 37.6 Å². The lowest BCUT2D eigenvalue weighted by Gasteiger charge is -2.14. The van der Waals surface area contributed by atoms with E-state index in [1.54, 1.807) is 6.07 Å². The molecule has 0 saturated carbocycles. The lowest BCUT2D eigenvalue weighted by molar-refractivity contribution is 0.348. The highest BCUT2D eigenvalue weighted by atomic mass is 35.5. The smallest absolute Gasteiger partial charge is 0.142 e. The summed E-state index contributed by atoms with van der Waals surface area (Å²) in [5.41, 5.74) is 1.93. The van der Waals surface area contributed by atoms with Crippen molar-refractivity contribution in [1.29, 1.82) is 0 Å². The first-order valence-corrected chi connectivity index (χ1v) is 6.76. The van der Waals surface area contributed by atoms with E-state index in [4.69, 9.17) is 27.9 Å². The summed E-state index contributed by atoms with van der Waals surface area (Å²) >= 11 is 12.2. The van der Waals surface area contributed by atoms with E-state index in [1.807, 2.05) is 13.0 Å². The molecule has 0 spiro atoms. The molecular weight excluding hydrogens is 269 g/mol. The average Bonchev–Trinajstić information content (AvgIpc) is 2.27. The number of halogens is 2. The van der Waals surface area contributed by atoms with Gasteiger partial charge in [0, 0.05) is 17.1 Å². The SMILES string of the molecule is C=C(C)COc1c(Cl)cc(Cl)cc1CNCCC. The van der Waals surface area contributed by atoms with Crippen molar-refractivity contribution in [1.82, 2.24) is 5.32 Å². The second-order valence-corrected chi connectivity index (χ2v) is 5.14. The molecule has 0 aliphatic rings. The van der Waals surface area contributed by atoms with E-state index in [9.17, 15) is 0 Å². The van der Waals surface area contributed by atoms with Crippen LogP contribution in [-0.2, 0) is 6.54 Å². The largest absolute Gasteiger partial charge is 0.487 e. The minimum Gasteiger partial charge on any atom is -0.487 e. The Labute approximate surface area is 119 Å². The Balaban J connectivity index is 2.86. The van der Waals surface area contributed by atoms with Crippen LogP contribution >= 0.6 is 23.2 Å². The van der Waals surface area contributed by atoms with Crippen LogP contribution in [0.5, 0.6) is 5.75 Å². The minimum absolute atomic E-state index is 0.460. The zero-order chi connectivity index (χ0) is 13.5. The van der Waals surface area contributed by atoms with Crippen LogP contribution in [0, 0.1) is 0 Å². The fraction of sp³-hybridized carbons (Fsp3) is 0.429. The van der Waals surface area contributed by atoms with Crippen molar-refractivity contribution in [2.75, 3.05) is 13.2 Å². The van der Waals surface area contributed by atoms with Gasteiger partial charge < -0.3 is 10.1 Å². The average molecular weight is 288 g/mol. The lowest BCUT2D eigenvalue weighted by atomic mass is 10.2. The van der Waals surface area contributed by atoms with Gasteiger partial charge in [-0.25, -0.2) is 0 Å². The van der Waals surface area contributed by atoms with Crippen molar-refractivity contribution in [2.24, 2.45) is 0 Å². The first kappa shape index (κ1) is 15.4. The van der Waals surface area contributed by atoms with Gasteiger partial charge in [-0.2, -0.15) is 0 Å². The van der Waals surface area contributed by atoms with Gasteiger partial charge in [0.25, 0.3) is 0 Å². The molecule has 1 N–H and O–H groups in total. The molecule has 1 aromatic rings. The van der Waals surface area contributed by atoms with Gasteiger partial charge in [0.2, 0.25) is 0 Å². The number of nitrogens with one attached hydrogen (secondary N) is 1. The van der Waals surface area contributed by atoms with Crippen molar-refractivity contribution >= 4 is 23.2 Å². The predicted molar refractivity (Wildman–Crippen MR) is 78.8 cm³/mol. The summed E-state index contributed by atoms with van der Waals surface area (Å²) in [7, 11) is 0. The molecule has 2 nitrogen and oxygen atoms in total. The van der Waals surface area contributed by atoms with Gasteiger partial charge >= 0.3 is 0 Å². The van der Waals surface area contributed by atoms with E-state index in [0.717, 1.165) is 24.1 Å². The molecule has 0 bridgehead atoms. The molecule has 0 unspecified atom stereocenters. The number of hydrogen-bond donors (Lipinski definition) is 1. The van der Waals surface area contributed by atoms with Gasteiger partial charge in [-0.15, -0.1) is 0 Å².